The van der Waals surface area contributed by atoms with E-state index < -0.39 is 47.7 Å². The zero-order valence-corrected chi connectivity index (χ0v) is 29.8. The lowest BCUT2D eigenvalue weighted by molar-refractivity contribution is -0.163. The van der Waals surface area contributed by atoms with Gasteiger partial charge in [0, 0.05) is 44.1 Å². The van der Waals surface area contributed by atoms with Gasteiger partial charge >= 0.3 is 5.97 Å². The summed E-state index contributed by atoms with van der Waals surface area (Å²) in [5.74, 6) is -3.51. The number of benzene rings is 1. The number of likely N-dealkylation sites (tertiary alicyclic amines) is 1. The number of ether oxygens (including phenoxy) is 3. The molecule has 1 aromatic carbocycles. The maximum atomic E-state index is 14.5. The summed E-state index contributed by atoms with van der Waals surface area (Å²) in [4.78, 5) is 59.1. The topological polar surface area (TPSA) is 135 Å². The summed E-state index contributed by atoms with van der Waals surface area (Å²) in [7, 11) is 1.50. The summed E-state index contributed by atoms with van der Waals surface area (Å²) < 4.78 is 18.4. The van der Waals surface area contributed by atoms with Crippen LogP contribution in [0.2, 0.25) is 0 Å². The van der Waals surface area contributed by atoms with E-state index >= 15 is 0 Å². The van der Waals surface area contributed by atoms with Crippen molar-refractivity contribution in [2.75, 3.05) is 33.4 Å². The summed E-state index contributed by atoms with van der Waals surface area (Å²) >= 11 is 3.72. The van der Waals surface area contributed by atoms with E-state index in [1.807, 2.05) is 32.0 Å². The van der Waals surface area contributed by atoms with Crippen LogP contribution in [0.1, 0.15) is 64.0 Å². The first-order chi connectivity index (χ1) is 23.1. The Labute approximate surface area is 292 Å². The molecule has 1 aromatic rings. The fourth-order valence-electron chi connectivity index (χ4n) is 7.64. The average Bonchev–Trinajstić information content (AvgIpc) is 3.67. The quantitative estimate of drug-likeness (QED) is 0.125. The fourth-order valence-corrected chi connectivity index (χ4v) is 8.58. The van der Waals surface area contributed by atoms with E-state index in [1.54, 1.807) is 29.2 Å². The molecule has 3 fully saturated rings. The lowest BCUT2D eigenvalue weighted by atomic mass is 9.70. The lowest BCUT2D eigenvalue weighted by Gasteiger charge is -2.39. The summed E-state index contributed by atoms with van der Waals surface area (Å²) in [5, 5.41) is 12.7. The standard InChI is InChI=1S/C36H50BrN3O8/c1-6-9-17-27(42)38-26(22-46-5)30(24-15-11-10-12-16-24)47-35(45)28-29-33(43)40(19-13-20-41)32(36(29)21-25(37)31(28)48-36)34(44)39(18-8-3)23(4)14-7-2/h6,8,10-12,15-16,23,25-26,28-32,41H,1,3,7,9,13-14,17-22H2,2,4-5H3,(H,38,42)/t23?,25?,26-,28+,29-,30-,31+,32+,36-/m0/s1. The maximum Gasteiger partial charge on any atom is 0.313 e. The van der Waals surface area contributed by atoms with Crippen molar-refractivity contribution >= 4 is 39.6 Å². The number of fused-ring (bicyclic) bond motifs is 1. The second kappa shape index (κ2) is 17.0. The van der Waals surface area contributed by atoms with Gasteiger partial charge in [0.2, 0.25) is 17.7 Å². The van der Waals surface area contributed by atoms with Crippen molar-refractivity contribution < 1.29 is 38.5 Å². The van der Waals surface area contributed by atoms with Gasteiger partial charge in [0.1, 0.15) is 17.7 Å². The molecule has 11 nitrogen and oxygen atoms in total. The minimum atomic E-state index is -1.27. The molecule has 12 heteroatoms. The van der Waals surface area contributed by atoms with Gasteiger partial charge < -0.3 is 34.4 Å². The molecule has 2 N–H and O–H groups in total. The number of alkyl halides is 1. The van der Waals surface area contributed by atoms with E-state index in [1.165, 1.54) is 12.0 Å². The van der Waals surface area contributed by atoms with Crippen LogP contribution in [0.3, 0.4) is 0 Å². The molecular formula is C36H50BrN3O8. The molecule has 3 amide bonds. The number of nitrogens with zero attached hydrogens (tertiary/aromatic N) is 2. The van der Waals surface area contributed by atoms with E-state index in [4.69, 9.17) is 14.2 Å². The van der Waals surface area contributed by atoms with E-state index in [2.05, 4.69) is 34.4 Å². The molecule has 4 rings (SSSR count). The van der Waals surface area contributed by atoms with Gasteiger partial charge in [-0.25, -0.2) is 0 Å². The molecule has 0 aromatic heterocycles. The SMILES string of the molecule is C=CCCC(=O)N[C@@H](COC)[C@@H](OC(=O)[C@H]1[C@@H]2O[C@@]3(CC2Br)[C@@H]1C(=O)N(CCCO)[C@@H]3C(=O)N(CC=C)C(C)CCC)c1ccccc1. The van der Waals surface area contributed by atoms with Crippen LogP contribution in [0.4, 0.5) is 0 Å². The number of hydrogen-bond acceptors (Lipinski definition) is 8. The van der Waals surface area contributed by atoms with Crippen LogP contribution in [0, 0.1) is 11.8 Å². The number of aliphatic hydroxyl groups is 1. The van der Waals surface area contributed by atoms with Crippen LogP contribution in [0.5, 0.6) is 0 Å². The van der Waals surface area contributed by atoms with Gasteiger partial charge in [0.25, 0.3) is 0 Å². The van der Waals surface area contributed by atoms with Crippen molar-refractivity contribution in [1.29, 1.82) is 0 Å². The highest BCUT2D eigenvalue weighted by atomic mass is 79.9. The van der Waals surface area contributed by atoms with Crippen LogP contribution in [0.15, 0.2) is 55.6 Å². The number of carbonyl (C=O) groups is 4. The number of esters is 1. The number of aliphatic hydroxyl groups excluding tert-OH is 1. The summed E-state index contributed by atoms with van der Waals surface area (Å²) in [6, 6.07) is 7.25. The number of nitrogens with one attached hydrogen (secondary N) is 1. The first kappa shape index (κ1) is 37.8. The van der Waals surface area contributed by atoms with Crippen LogP contribution >= 0.6 is 15.9 Å². The molecule has 264 valence electrons. The fraction of sp³-hybridized carbons (Fsp3) is 0.611. The zero-order valence-electron chi connectivity index (χ0n) is 28.2. The number of amides is 3. The summed E-state index contributed by atoms with van der Waals surface area (Å²) in [6.45, 7) is 11.9. The minimum Gasteiger partial charge on any atom is -0.455 e. The first-order valence-corrected chi connectivity index (χ1v) is 17.8. The van der Waals surface area contributed by atoms with Crippen LogP contribution in [-0.2, 0) is 33.4 Å². The maximum absolute atomic E-state index is 14.5. The van der Waals surface area contributed by atoms with Gasteiger partial charge in [-0.15, -0.1) is 13.2 Å². The normalized spacial score (nSPS) is 27.6. The largest absolute Gasteiger partial charge is 0.455 e. The van der Waals surface area contributed by atoms with Crippen LogP contribution < -0.4 is 5.32 Å². The highest BCUT2D eigenvalue weighted by Gasteiger charge is 2.77. The second-order valence-corrected chi connectivity index (χ2v) is 14.1. The monoisotopic (exact) mass is 731 g/mol. The molecule has 2 unspecified atom stereocenters. The number of carbonyl (C=O) groups excluding carboxylic acids is 4. The Bertz CT molecular complexity index is 1310. The Morgan fingerprint density at radius 2 is 1.98 bits per heavy atom. The number of rotatable bonds is 19. The summed E-state index contributed by atoms with van der Waals surface area (Å²) in [5.41, 5.74) is -0.628. The average molecular weight is 733 g/mol. The number of allylic oxidation sites excluding steroid dienone is 1. The van der Waals surface area contributed by atoms with Crippen LogP contribution in [-0.4, -0.2) is 107 Å². The third kappa shape index (κ3) is 7.56. The molecule has 48 heavy (non-hydrogen) atoms. The number of halogens is 1. The molecule has 3 aliphatic rings. The zero-order chi connectivity index (χ0) is 35.0. The van der Waals surface area contributed by atoms with E-state index in [-0.39, 0.29) is 61.2 Å². The molecule has 9 atom stereocenters. The van der Waals surface area contributed by atoms with Crippen molar-refractivity contribution in [1.82, 2.24) is 15.1 Å². The highest BCUT2D eigenvalue weighted by molar-refractivity contribution is 9.09. The Hall–Kier alpha value is -3.06. The molecular weight excluding hydrogens is 682 g/mol. The van der Waals surface area contributed by atoms with Crippen molar-refractivity contribution in [3.05, 3.63) is 61.2 Å². The molecule has 3 saturated heterocycles. The summed E-state index contributed by atoms with van der Waals surface area (Å²) in [6.07, 6.45) is 4.60. The lowest BCUT2D eigenvalue weighted by Crippen LogP contribution is -2.58. The molecule has 1 spiro atoms. The van der Waals surface area contributed by atoms with Gasteiger partial charge in [-0.1, -0.05) is 71.8 Å². The Morgan fingerprint density at radius 1 is 1.25 bits per heavy atom. The molecule has 3 aliphatic heterocycles. The predicted molar refractivity (Wildman–Crippen MR) is 184 cm³/mol. The van der Waals surface area contributed by atoms with Gasteiger partial charge in [0.15, 0.2) is 0 Å². The van der Waals surface area contributed by atoms with Gasteiger partial charge in [-0.2, -0.15) is 0 Å². The predicted octanol–water partition coefficient (Wildman–Crippen LogP) is 3.70. The smallest absolute Gasteiger partial charge is 0.313 e. The van der Waals surface area contributed by atoms with E-state index in [0.717, 1.165) is 12.8 Å². The van der Waals surface area contributed by atoms with E-state index in [0.29, 0.717) is 24.9 Å². The van der Waals surface area contributed by atoms with Gasteiger partial charge in [0.05, 0.1) is 30.6 Å². The molecule has 0 saturated carbocycles. The van der Waals surface area contributed by atoms with Crippen LogP contribution in [0.25, 0.3) is 0 Å². The van der Waals surface area contributed by atoms with Crippen molar-refractivity contribution in [3.8, 4) is 0 Å². The molecule has 2 bridgehead atoms. The van der Waals surface area contributed by atoms with Crippen molar-refractivity contribution in [2.45, 2.75) is 93.1 Å². The van der Waals surface area contributed by atoms with E-state index in [9.17, 15) is 24.3 Å². The second-order valence-electron chi connectivity index (χ2n) is 12.9. The van der Waals surface area contributed by atoms with Gasteiger partial charge in [-0.3, -0.25) is 19.2 Å². The Morgan fingerprint density at radius 3 is 2.60 bits per heavy atom. The number of methoxy groups -OCH3 is 1. The molecule has 3 heterocycles. The third-order valence-electron chi connectivity index (χ3n) is 9.70. The molecule has 0 aliphatic carbocycles. The van der Waals surface area contributed by atoms with Gasteiger partial charge in [-0.05, 0) is 38.2 Å². The van der Waals surface area contributed by atoms with Crippen molar-refractivity contribution in [2.24, 2.45) is 11.8 Å². The minimum absolute atomic E-state index is 0.0607. The first-order valence-electron chi connectivity index (χ1n) is 16.9. The number of hydrogen-bond donors (Lipinski definition) is 2. The highest BCUT2D eigenvalue weighted by Crippen LogP contribution is 2.60. The molecule has 0 radical (unpaired) electrons. The third-order valence-corrected chi connectivity index (χ3v) is 10.5. The van der Waals surface area contributed by atoms with Crippen molar-refractivity contribution in [3.63, 3.8) is 0 Å². The Balaban J connectivity index is 1.72. The Kier molecular flexibility index (Phi) is 13.4.